The molecule has 0 radical (unpaired) electrons. The molecule has 1 aliphatic rings. The lowest BCUT2D eigenvalue weighted by molar-refractivity contribution is -0.119. The summed E-state index contributed by atoms with van der Waals surface area (Å²) in [5.41, 5.74) is 0. The van der Waals surface area contributed by atoms with E-state index in [-0.39, 0.29) is 25.6 Å². The number of phosphoric acid groups is 2. The van der Waals surface area contributed by atoms with E-state index in [4.69, 9.17) is 22.8 Å². The number of ether oxygens (including phenoxy) is 1. The highest BCUT2D eigenvalue weighted by atomic mass is 31.2. The lowest BCUT2D eigenvalue weighted by Crippen LogP contribution is -2.28. The van der Waals surface area contributed by atoms with E-state index in [2.05, 4.69) is 6.92 Å². The molecule has 1 saturated heterocycles. The van der Waals surface area contributed by atoms with Crippen LogP contribution in [0.4, 0.5) is 0 Å². The van der Waals surface area contributed by atoms with Crippen molar-refractivity contribution in [3.05, 3.63) is 0 Å². The summed E-state index contributed by atoms with van der Waals surface area (Å²) in [6.45, 7) is 5.36. The van der Waals surface area contributed by atoms with Crippen LogP contribution in [-0.2, 0) is 36.8 Å². The SMILES string of the molecule is CCCCCCCCCCCCCCCC(=O)CCCCOP(=O)(O)OCC1OCCC1OP(=O)(O)OC(C)C. The summed E-state index contributed by atoms with van der Waals surface area (Å²) in [4.78, 5) is 31.8. The quantitative estimate of drug-likeness (QED) is 0.0690. The Morgan fingerprint density at radius 2 is 1.32 bits per heavy atom. The molecule has 0 aromatic heterocycles. The molecule has 0 aromatic rings. The van der Waals surface area contributed by atoms with Crippen molar-refractivity contribution in [1.29, 1.82) is 0 Å². The minimum atomic E-state index is -4.34. The molecule has 0 aliphatic carbocycles. The number of phosphoric ester groups is 2. The third-order valence-corrected chi connectivity index (χ3v) is 9.04. The summed E-state index contributed by atoms with van der Waals surface area (Å²) >= 11 is 0. The zero-order valence-corrected chi connectivity index (χ0v) is 26.9. The molecule has 1 heterocycles. The normalized spacial score (nSPS) is 20.6. The van der Waals surface area contributed by atoms with Gasteiger partial charge >= 0.3 is 15.6 Å². The van der Waals surface area contributed by atoms with Crippen LogP contribution in [0.3, 0.4) is 0 Å². The van der Waals surface area contributed by atoms with Crippen molar-refractivity contribution in [1.82, 2.24) is 0 Å². The van der Waals surface area contributed by atoms with Crippen LogP contribution in [0.5, 0.6) is 0 Å². The smallest absolute Gasteiger partial charge is 0.373 e. The average molecular weight is 615 g/mol. The fraction of sp³-hybridized carbons (Fsp3) is 0.964. The van der Waals surface area contributed by atoms with Crippen molar-refractivity contribution in [2.75, 3.05) is 19.8 Å². The Balaban J connectivity index is 2.02. The molecule has 1 rings (SSSR count). The fourth-order valence-corrected chi connectivity index (χ4v) is 6.58. The van der Waals surface area contributed by atoms with Gasteiger partial charge < -0.3 is 14.5 Å². The highest BCUT2D eigenvalue weighted by Gasteiger charge is 2.38. The van der Waals surface area contributed by atoms with Gasteiger partial charge in [0.25, 0.3) is 0 Å². The molecule has 4 atom stereocenters. The second kappa shape index (κ2) is 22.4. The number of hydrogen-bond donors (Lipinski definition) is 2. The van der Waals surface area contributed by atoms with Crippen LogP contribution >= 0.6 is 15.6 Å². The summed E-state index contributed by atoms with van der Waals surface area (Å²) in [5.74, 6) is 0.221. The standard InChI is InChI=1S/C28H56O10P2/c1-4-5-6-7-8-9-10-11-12-13-14-15-16-19-26(29)20-17-18-22-35-39(30,31)36-24-28-27(21-23-34-28)38-40(32,33)37-25(2)3/h25,27-28H,4-24H2,1-3H3,(H,30,31)(H,32,33). The van der Waals surface area contributed by atoms with Crippen LogP contribution in [0, 0.1) is 0 Å². The highest BCUT2D eigenvalue weighted by molar-refractivity contribution is 7.47. The number of carbonyl (C=O) groups is 1. The van der Waals surface area contributed by atoms with Crippen molar-refractivity contribution in [2.24, 2.45) is 0 Å². The zero-order valence-electron chi connectivity index (χ0n) is 25.1. The number of ketones is 1. The Morgan fingerprint density at radius 1 is 0.800 bits per heavy atom. The molecule has 0 spiro atoms. The van der Waals surface area contributed by atoms with Crippen LogP contribution in [0.1, 0.15) is 136 Å². The highest BCUT2D eigenvalue weighted by Crippen LogP contribution is 2.49. The van der Waals surface area contributed by atoms with E-state index >= 15 is 0 Å². The maximum Gasteiger partial charge on any atom is 0.472 e. The van der Waals surface area contributed by atoms with E-state index in [0.717, 1.165) is 12.8 Å². The van der Waals surface area contributed by atoms with Crippen LogP contribution in [0.25, 0.3) is 0 Å². The topological polar surface area (TPSA) is 138 Å². The van der Waals surface area contributed by atoms with Gasteiger partial charge in [0, 0.05) is 25.9 Å². The van der Waals surface area contributed by atoms with Crippen LogP contribution in [-0.4, -0.2) is 53.7 Å². The van der Waals surface area contributed by atoms with Crippen molar-refractivity contribution >= 4 is 21.4 Å². The molecule has 0 bridgehead atoms. The summed E-state index contributed by atoms with van der Waals surface area (Å²) < 4.78 is 49.6. The van der Waals surface area contributed by atoms with E-state index in [9.17, 15) is 23.7 Å². The fourth-order valence-electron chi connectivity index (χ4n) is 4.64. The minimum Gasteiger partial charge on any atom is -0.373 e. The first-order chi connectivity index (χ1) is 19.0. The van der Waals surface area contributed by atoms with Crippen LogP contribution in [0.2, 0.25) is 0 Å². The molecule has 4 unspecified atom stereocenters. The first kappa shape index (κ1) is 37.9. The van der Waals surface area contributed by atoms with Crippen molar-refractivity contribution in [2.45, 2.75) is 155 Å². The Bertz CT molecular complexity index is 749. The Labute approximate surface area is 242 Å². The van der Waals surface area contributed by atoms with E-state index < -0.39 is 34.0 Å². The molecule has 0 amide bonds. The predicted molar refractivity (Wildman–Crippen MR) is 156 cm³/mol. The molecule has 40 heavy (non-hydrogen) atoms. The van der Waals surface area contributed by atoms with Crippen LogP contribution in [0.15, 0.2) is 0 Å². The lowest BCUT2D eigenvalue weighted by atomic mass is 10.0. The third kappa shape index (κ3) is 20.7. The van der Waals surface area contributed by atoms with Gasteiger partial charge in [-0.3, -0.25) is 22.9 Å². The number of rotatable bonds is 27. The number of unbranched alkanes of at least 4 members (excludes halogenated alkanes) is 13. The second-order valence-corrected chi connectivity index (χ2v) is 13.9. The van der Waals surface area contributed by atoms with Gasteiger partial charge in [0.15, 0.2) is 0 Å². The van der Waals surface area contributed by atoms with Gasteiger partial charge in [-0.25, -0.2) is 9.13 Å². The largest absolute Gasteiger partial charge is 0.472 e. The van der Waals surface area contributed by atoms with E-state index in [1.54, 1.807) is 13.8 Å². The predicted octanol–water partition coefficient (Wildman–Crippen LogP) is 8.04. The molecule has 1 aliphatic heterocycles. The number of Topliss-reactive ketones (excluding diaryl/α,β-unsaturated/α-hetero) is 1. The monoisotopic (exact) mass is 614 g/mol. The van der Waals surface area contributed by atoms with Gasteiger partial charge in [-0.2, -0.15) is 0 Å². The van der Waals surface area contributed by atoms with E-state index in [1.807, 2.05) is 0 Å². The first-order valence-corrected chi connectivity index (χ1v) is 18.5. The zero-order chi connectivity index (χ0) is 29.7. The summed E-state index contributed by atoms with van der Waals surface area (Å²) in [7, 11) is -8.62. The minimum absolute atomic E-state index is 0.0146. The maximum absolute atomic E-state index is 12.2. The maximum atomic E-state index is 12.2. The van der Waals surface area contributed by atoms with Crippen molar-refractivity contribution < 1.29 is 46.5 Å². The Kier molecular flexibility index (Phi) is 21.2. The van der Waals surface area contributed by atoms with Gasteiger partial charge in [0.2, 0.25) is 0 Å². The Hall–Kier alpha value is -0.150. The van der Waals surface area contributed by atoms with Gasteiger partial charge in [-0.05, 0) is 33.1 Å². The number of carbonyl (C=O) groups excluding carboxylic acids is 1. The molecular weight excluding hydrogens is 558 g/mol. The van der Waals surface area contributed by atoms with Gasteiger partial charge in [-0.1, -0.05) is 84.0 Å². The van der Waals surface area contributed by atoms with Gasteiger partial charge in [0.05, 0.1) is 19.3 Å². The third-order valence-electron chi connectivity index (χ3n) is 6.83. The molecule has 12 heteroatoms. The molecule has 1 fully saturated rings. The van der Waals surface area contributed by atoms with Crippen molar-refractivity contribution in [3.63, 3.8) is 0 Å². The molecule has 0 aromatic carbocycles. The second-order valence-electron chi connectivity index (χ2n) is 11.1. The van der Waals surface area contributed by atoms with Crippen molar-refractivity contribution in [3.8, 4) is 0 Å². The molecular formula is C28H56O10P2. The summed E-state index contributed by atoms with van der Waals surface area (Å²) in [6.07, 6.45) is 16.9. The average Bonchev–Trinajstić information content (AvgIpc) is 3.30. The van der Waals surface area contributed by atoms with Gasteiger partial charge in [-0.15, -0.1) is 0 Å². The summed E-state index contributed by atoms with van der Waals surface area (Å²) in [6, 6.07) is 0. The molecule has 2 N–H and O–H groups in total. The van der Waals surface area contributed by atoms with Gasteiger partial charge in [0.1, 0.15) is 18.0 Å². The Morgan fingerprint density at radius 3 is 1.88 bits per heavy atom. The molecule has 10 nitrogen and oxygen atoms in total. The first-order valence-electron chi connectivity index (χ1n) is 15.5. The molecule has 0 saturated carbocycles. The molecule has 238 valence electrons. The van der Waals surface area contributed by atoms with E-state index in [1.165, 1.54) is 70.6 Å². The van der Waals surface area contributed by atoms with E-state index in [0.29, 0.717) is 32.1 Å². The number of hydrogen-bond acceptors (Lipinski definition) is 8. The summed E-state index contributed by atoms with van der Waals surface area (Å²) in [5, 5.41) is 0. The van der Waals surface area contributed by atoms with Crippen LogP contribution < -0.4 is 0 Å². The lowest BCUT2D eigenvalue weighted by Gasteiger charge is -2.23.